The van der Waals surface area contributed by atoms with Gasteiger partial charge >= 0.3 is 0 Å². The molecule has 0 aliphatic rings. The minimum atomic E-state index is -0.373. The first-order chi connectivity index (χ1) is 8.16. The van der Waals surface area contributed by atoms with Gasteiger partial charge in [0.25, 0.3) is 0 Å². The highest BCUT2D eigenvalue weighted by Crippen LogP contribution is 2.28. The third-order valence-electron chi connectivity index (χ3n) is 2.31. The van der Waals surface area contributed by atoms with E-state index < -0.39 is 0 Å². The van der Waals surface area contributed by atoms with Gasteiger partial charge in [0, 0.05) is 16.3 Å². The molecular weight excluding hydrogens is 257 g/mol. The van der Waals surface area contributed by atoms with E-state index in [0.29, 0.717) is 5.75 Å². The maximum atomic E-state index is 13.2. The quantitative estimate of drug-likeness (QED) is 0.661. The number of hydrogen-bond donors (Lipinski definition) is 1. The molecule has 2 aromatic rings. The van der Waals surface area contributed by atoms with Gasteiger partial charge in [-0.15, -0.1) is 11.8 Å². The molecule has 0 saturated heterocycles. The van der Waals surface area contributed by atoms with E-state index in [1.54, 1.807) is 17.8 Å². The van der Waals surface area contributed by atoms with Gasteiger partial charge in [0.15, 0.2) is 0 Å². The third kappa shape index (κ3) is 3.14. The van der Waals surface area contributed by atoms with Crippen molar-refractivity contribution in [3.05, 3.63) is 58.9 Å². The monoisotopic (exact) mass is 267 g/mol. The van der Waals surface area contributed by atoms with Crippen LogP contribution in [0.3, 0.4) is 0 Å². The Kier molecular flexibility index (Phi) is 3.92. The summed E-state index contributed by atoms with van der Waals surface area (Å²) in [6.07, 6.45) is 0. The molecule has 0 atom stereocenters. The van der Waals surface area contributed by atoms with Crippen molar-refractivity contribution in [2.45, 2.75) is 10.6 Å². The molecular formula is C13H11ClFNS. The highest BCUT2D eigenvalue weighted by atomic mass is 35.5. The summed E-state index contributed by atoms with van der Waals surface area (Å²) >= 11 is 7.47. The van der Waals surface area contributed by atoms with E-state index in [9.17, 15) is 4.39 Å². The van der Waals surface area contributed by atoms with Crippen molar-refractivity contribution in [1.29, 1.82) is 0 Å². The lowest BCUT2D eigenvalue weighted by Gasteiger charge is -2.05. The van der Waals surface area contributed by atoms with Gasteiger partial charge in [-0.05, 0) is 35.9 Å². The van der Waals surface area contributed by atoms with Crippen molar-refractivity contribution in [1.82, 2.24) is 0 Å². The average molecular weight is 268 g/mol. The Hall–Kier alpha value is -1.19. The lowest BCUT2D eigenvalue weighted by atomic mass is 10.2. The molecule has 0 amide bonds. The number of anilines is 1. The van der Waals surface area contributed by atoms with Gasteiger partial charge in [0.2, 0.25) is 0 Å². The highest BCUT2D eigenvalue weighted by molar-refractivity contribution is 7.98. The molecule has 17 heavy (non-hydrogen) atoms. The first-order valence-electron chi connectivity index (χ1n) is 5.08. The van der Waals surface area contributed by atoms with Gasteiger partial charge in [-0.25, -0.2) is 4.39 Å². The van der Waals surface area contributed by atoms with Crippen molar-refractivity contribution >= 4 is 29.1 Å². The smallest absolute Gasteiger partial charge is 0.142 e. The molecule has 1 nitrogen and oxygen atoms in total. The lowest BCUT2D eigenvalue weighted by molar-refractivity contribution is 0.627. The van der Waals surface area contributed by atoms with Crippen molar-refractivity contribution in [3.63, 3.8) is 0 Å². The highest BCUT2D eigenvalue weighted by Gasteiger charge is 2.05. The Morgan fingerprint density at radius 2 is 1.82 bits per heavy atom. The van der Waals surface area contributed by atoms with Crippen LogP contribution in [0.1, 0.15) is 5.56 Å². The number of rotatable bonds is 3. The Morgan fingerprint density at radius 3 is 2.53 bits per heavy atom. The van der Waals surface area contributed by atoms with Gasteiger partial charge in [0.1, 0.15) is 5.82 Å². The zero-order chi connectivity index (χ0) is 12.3. The second kappa shape index (κ2) is 5.43. The number of nitrogens with two attached hydrogens (primary N) is 1. The molecule has 88 valence electrons. The zero-order valence-corrected chi connectivity index (χ0v) is 10.6. The van der Waals surface area contributed by atoms with Crippen LogP contribution < -0.4 is 5.73 Å². The maximum Gasteiger partial charge on any atom is 0.142 e. The summed E-state index contributed by atoms with van der Waals surface area (Å²) in [6, 6.07) is 12.4. The summed E-state index contributed by atoms with van der Waals surface area (Å²) in [5.74, 6) is 0.266. The summed E-state index contributed by atoms with van der Waals surface area (Å²) in [6.45, 7) is 0. The Balaban J connectivity index is 2.07. The number of halogens is 2. The molecule has 2 rings (SSSR count). The normalized spacial score (nSPS) is 10.5. The zero-order valence-electron chi connectivity index (χ0n) is 8.99. The Labute approximate surface area is 109 Å². The number of benzene rings is 2. The summed E-state index contributed by atoms with van der Waals surface area (Å²) in [4.78, 5) is 1.08. The largest absolute Gasteiger partial charge is 0.399 e. The molecule has 0 aromatic heterocycles. The summed E-state index contributed by atoms with van der Waals surface area (Å²) in [7, 11) is 0. The van der Waals surface area contributed by atoms with E-state index in [1.165, 1.54) is 6.07 Å². The molecule has 4 heteroatoms. The standard InChI is InChI=1S/C13H11ClFNS/c14-13-9(2-1-3-12(13)15)8-17-11-6-4-10(16)5-7-11/h1-7H,8,16H2. The molecule has 0 saturated carbocycles. The van der Waals surface area contributed by atoms with Crippen molar-refractivity contribution < 1.29 is 4.39 Å². The minimum Gasteiger partial charge on any atom is -0.399 e. The summed E-state index contributed by atoms with van der Waals surface area (Å²) in [5.41, 5.74) is 7.13. The van der Waals surface area contributed by atoms with Crippen LogP contribution >= 0.6 is 23.4 Å². The second-order valence-electron chi connectivity index (χ2n) is 3.57. The van der Waals surface area contributed by atoms with Gasteiger partial charge in [-0.2, -0.15) is 0 Å². The topological polar surface area (TPSA) is 26.0 Å². The molecule has 0 fully saturated rings. The third-order valence-corrected chi connectivity index (χ3v) is 3.79. The van der Waals surface area contributed by atoms with Crippen molar-refractivity contribution in [2.75, 3.05) is 5.73 Å². The Bertz CT molecular complexity index is 513. The van der Waals surface area contributed by atoms with E-state index >= 15 is 0 Å². The van der Waals surface area contributed by atoms with Gasteiger partial charge in [0.05, 0.1) is 5.02 Å². The molecule has 0 unspecified atom stereocenters. The number of thioether (sulfide) groups is 1. The Morgan fingerprint density at radius 1 is 1.12 bits per heavy atom. The summed E-state index contributed by atoms with van der Waals surface area (Å²) in [5, 5.41) is 0.204. The minimum absolute atomic E-state index is 0.204. The molecule has 2 aromatic carbocycles. The van der Waals surface area contributed by atoms with Crippen LogP contribution in [-0.4, -0.2) is 0 Å². The second-order valence-corrected chi connectivity index (χ2v) is 5.00. The van der Waals surface area contributed by atoms with Gasteiger partial charge < -0.3 is 5.73 Å². The van der Waals surface area contributed by atoms with Crippen molar-refractivity contribution in [3.8, 4) is 0 Å². The average Bonchev–Trinajstić information content (AvgIpc) is 2.33. The first kappa shape index (κ1) is 12.3. The van der Waals surface area contributed by atoms with Crippen LogP contribution in [0.15, 0.2) is 47.4 Å². The van der Waals surface area contributed by atoms with Crippen LogP contribution in [0.5, 0.6) is 0 Å². The fraction of sp³-hybridized carbons (Fsp3) is 0.0769. The molecule has 2 N–H and O–H groups in total. The molecule has 0 heterocycles. The van der Waals surface area contributed by atoms with E-state index in [4.69, 9.17) is 17.3 Å². The predicted molar refractivity (Wildman–Crippen MR) is 71.8 cm³/mol. The SMILES string of the molecule is Nc1ccc(SCc2cccc(F)c2Cl)cc1. The molecule has 0 spiro atoms. The van der Waals surface area contributed by atoms with Crippen LogP contribution in [0.25, 0.3) is 0 Å². The molecule has 0 radical (unpaired) electrons. The fourth-order valence-electron chi connectivity index (χ4n) is 1.39. The van der Waals surface area contributed by atoms with E-state index in [1.807, 2.05) is 30.3 Å². The first-order valence-corrected chi connectivity index (χ1v) is 6.44. The molecule has 0 bridgehead atoms. The fourth-order valence-corrected chi connectivity index (χ4v) is 2.55. The van der Waals surface area contributed by atoms with Crippen LogP contribution in [-0.2, 0) is 5.75 Å². The summed E-state index contributed by atoms with van der Waals surface area (Å²) < 4.78 is 13.2. The van der Waals surface area contributed by atoms with Gasteiger partial charge in [-0.3, -0.25) is 0 Å². The lowest BCUT2D eigenvalue weighted by Crippen LogP contribution is -1.87. The predicted octanol–water partition coefficient (Wildman–Crippen LogP) is 4.35. The maximum absolute atomic E-state index is 13.2. The molecule has 0 aliphatic carbocycles. The van der Waals surface area contributed by atoms with Crippen LogP contribution in [0.2, 0.25) is 5.02 Å². The number of nitrogen functional groups attached to an aromatic ring is 1. The number of hydrogen-bond acceptors (Lipinski definition) is 2. The van der Waals surface area contributed by atoms with Crippen LogP contribution in [0, 0.1) is 5.82 Å². The van der Waals surface area contributed by atoms with Crippen LogP contribution in [0.4, 0.5) is 10.1 Å². The van der Waals surface area contributed by atoms with Crippen molar-refractivity contribution in [2.24, 2.45) is 0 Å². The van der Waals surface area contributed by atoms with Gasteiger partial charge in [-0.1, -0.05) is 23.7 Å². The van der Waals surface area contributed by atoms with E-state index in [2.05, 4.69) is 0 Å². The van der Waals surface area contributed by atoms with E-state index in [0.717, 1.165) is 16.1 Å². The molecule has 0 aliphatic heterocycles. The van der Waals surface area contributed by atoms with E-state index in [-0.39, 0.29) is 10.8 Å².